The molecule has 0 fully saturated rings. The highest BCUT2D eigenvalue weighted by Crippen LogP contribution is 2.23. The third-order valence-corrected chi connectivity index (χ3v) is 3.33. The van der Waals surface area contributed by atoms with Crippen LogP contribution in [0, 0.1) is 0 Å². The molecule has 0 bridgehead atoms. The summed E-state index contributed by atoms with van der Waals surface area (Å²) in [6, 6.07) is 3.13. The summed E-state index contributed by atoms with van der Waals surface area (Å²) in [5.41, 5.74) is 1.42. The summed E-state index contributed by atoms with van der Waals surface area (Å²) >= 11 is 2.11. The zero-order valence-electron chi connectivity index (χ0n) is 10.7. The van der Waals surface area contributed by atoms with Crippen LogP contribution in [0.15, 0.2) is 57.6 Å². The highest BCUT2D eigenvalue weighted by Gasteiger charge is 2.18. The fraction of sp³-hybridized carbons (Fsp3) is 0.0714. The van der Waals surface area contributed by atoms with Crippen molar-refractivity contribution in [2.45, 2.75) is 6.92 Å². The number of pyridine rings is 1. The van der Waals surface area contributed by atoms with Gasteiger partial charge in [-0.2, -0.15) is 0 Å². The number of carbonyl (C=O) groups excluding carboxylic acids is 2. The first-order valence-electron chi connectivity index (χ1n) is 5.79. The Morgan fingerprint density at radius 2 is 2.00 bits per heavy atom. The van der Waals surface area contributed by atoms with E-state index in [-0.39, 0.29) is 5.78 Å². The molecule has 2 N–H and O–H groups in total. The summed E-state index contributed by atoms with van der Waals surface area (Å²) in [6.45, 7) is 1.73. The summed E-state index contributed by atoms with van der Waals surface area (Å²) in [4.78, 5) is 27.9. The molecule has 0 aliphatic heterocycles. The summed E-state index contributed by atoms with van der Waals surface area (Å²) < 4.78 is 0.913. The number of hydrazine groups is 1. The number of ketones is 1. The maximum Gasteiger partial charge on any atom is 0.272 e. The summed E-state index contributed by atoms with van der Waals surface area (Å²) in [7, 11) is 0. The van der Waals surface area contributed by atoms with E-state index >= 15 is 0 Å². The molecular formula is C14H12IN3O2. The molecule has 102 valence electrons. The third kappa shape index (κ3) is 3.20. The van der Waals surface area contributed by atoms with Crippen molar-refractivity contribution in [3.63, 3.8) is 0 Å². The molecule has 6 heteroatoms. The molecule has 2 rings (SSSR count). The lowest BCUT2D eigenvalue weighted by Crippen LogP contribution is -2.33. The van der Waals surface area contributed by atoms with Gasteiger partial charge in [-0.3, -0.25) is 19.6 Å². The smallest absolute Gasteiger partial charge is 0.272 e. The van der Waals surface area contributed by atoms with E-state index in [1.165, 1.54) is 18.6 Å². The Balaban J connectivity index is 2.25. The van der Waals surface area contributed by atoms with Crippen molar-refractivity contribution in [3.05, 3.63) is 63.2 Å². The molecule has 1 heterocycles. The van der Waals surface area contributed by atoms with Gasteiger partial charge >= 0.3 is 0 Å². The number of carbonyl (C=O) groups is 2. The molecule has 0 unspecified atom stereocenters. The summed E-state index contributed by atoms with van der Waals surface area (Å²) in [6.07, 6.45) is 7.84. The van der Waals surface area contributed by atoms with Crippen LogP contribution >= 0.6 is 22.6 Å². The minimum Gasteiger partial charge on any atom is -0.289 e. The van der Waals surface area contributed by atoms with E-state index in [4.69, 9.17) is 5.84 Å². The topological polar surface area (TPSA) is 76.3 Å². The molecular weight excluding hydrogens is 369 g/mol. The van der Waals surface area contributed by atoms with E-state index in [0.29, 0.717) is 16.7 Å². The Hall–Kier alpha value is -1.80. The Bertz CT molecular complexity index is 648. The first-order chi connectivity index (χ1) is 9.49. The third-order valence-electron chi connectivity index (χ3n) is 2.71. The Morgan fingerprint density at radius 3 is 2.65 bits per heavy atom. The van der Waals surface area contributed by atoms with E-state index in [9.17, 15) is 9.59 Å². The minimum absolute atomic E-state index is 0.136. The molecule has 1 aliphatic rings. The maximum absolute atomic E-state index is 12.1. The minimum atomic E-state index is -0.400. The molecule has 0 saturated carbocycles. The number of allylic oxidation sites excluding steroid dienone is 5. The van der Waals surface area contributed by atoms with Gasteiger partial charge in [0.25, 0.3) is 5.91 Å². The fourth-order valence-electron chi connectivity index (χ4n) is 1.70. The van der Waals surface area contributed by atoms with Gasteiger partial charge < -0.3 is 0 Å². The molecule has 0 aromatic carbocycles. The van der Waals surface area contributed by atoms with Crippen LogP contribution in [0.3, 0.4) is 0 Å². The van der Waals surface area contributed by atoms with Crippen LogP contribution < -0.4 is 5.84 Å². The normalized spacial score (nSPS) is 16.8. The number of halogens is 1. The zero-order valence-corrected chi connectivity index (χ0v) is 12.9. The van der Waals surface area contributed by atoms with Crippen molar-refractivity contribution in [3.8, 4) is 0 Å². The Morgan fingerprint density at radius 1 is 1.35 bits per heavy atom. The number of hydrogen-bond donors (Lipinski definition) is 1. The molecule has 1 aliphatic carbocycles. The van der Waals surface area contributed by atoms with Gasteiger partial charge in [-0.25, -0.2) is 5.84 Å². The number of nitrogens with two attached hydrogens (primary N) is 1. The predicted molar refractivity (Wildman–Crippen MR) is 83.5 cm³/mol. The van der Waals surface area contributed by atoms with Crippen LogP contribution in [0.5, 0.6) is 0 Å². The van der Waals surface area contributed by atoms with Gasteiger partial charge in [0, 0.05) is 33.3 Å². The van der Waals surface area contributed by atoms with Gasteiger partial charge in [0.15, 0.2) is 5.78 Å². The Kier molecular flexibility index (Phi) is 4.46. The van der Waals surface area contributed by atoms with Gasteiger partial charge in [-0.05, 0) is 59.4 Å². The van der Waals surface area contributed by atoms with E-state index in [0.717, 1.165) is 8.59 Å². The van der Waals surface area contributed by atoms with Crippen LogP contribution in [-0.2, 0) is 4.79 Å². The number of hydrogen-bond acceptors (Lipinski definition) is 4. The second kappa shape index (κ2) is 6.10. The predicted octanol–water partition coefficient (Wildman–Crippen LogP) is 2.13. The number of amides is 1. The number of aromatic nitrogens is 1. The standard InChI is InChI=1S/C14H12IN3O2/c1-9-6-12(15)7-11(13(9)19)8-18(16)14(20)10-2-4-17-5-3-10/h2-8H,16H2,1H3. The van der Waals surface area contributed by atoms with Crippen molar-refractivity contribution in [2.75, 3.05) is 0 Å². The zero-order chi connectivity index (χ0) is 14.7. The molecule has 5 nitrogen and oxygen atoms in total. The van der Waals surface area contributed by atoms with E-state index in [1.807, 2.05) is 0 Å². The van der Waals surface area contributed by atoms with Gasteiger partial charge in [0.2, 0.25) is 0 Å². The van der Waals surface area contributed by atoms with E-state index < -0.39 is 5.91 Å². The van der Waals surface area contributed by atoms with Crippen molar-refractivity contribution in [1.82, 2.24) is 9.99 Å². The lowest BCUT2D eigenvalue weighted by atomic mass is 10.0. The quantitative estimate of drug-likeness (QED) is 0.280. The SMILES string of the molecule is CC1=CC(I)=CC(=CN(N)C(=O)c2ccncc2)C1=O. The first kappa shape index (κ1) is 14.6. The van der Waals surface area contributed by atoms with Crippen LogP contribution in [0.25, 0.3) is 0 Å². The highest BCUT2D eigenvalue weighted by atomic mass is 127. The molecule has 0 saturated heterocycles. The largest absolute Gasteiger partial charge is 0.289 e. The second-order valence-electron chi connectivity index (χ2n) is 4.22. The second-order valence-corrected chi connectivity index (χ2v) is 5.46. The average Bonchev–Trinajstić information content (AvgIpc) is 2.44. The molecule has 20 heavy (non-hydrogen) atoms. The molecule has 0 spiro atoms. The number of Topliss-reactive ketones (excluding diaryl/α,β-unsaturated/α-hetero) is 1. The van der Waals surface area contributed by atoms with Crippen LogP contribution in [0.4, 0.5) is 0 Å². The van der Waals surface area contributed by atoms with Crippen LogP contribution in [0.2, 0.25) is 0 Å². The fourth-order valence-corrected chi connectivity index (χ4v) is 2.51. The van der Waals surface area contributed by atoms with Gasteiger partial charge in [0.1, 0.15) is 0 Å². The van der Waals surface area contributed by atoms with Gasteiger partial charge in [0.05, 0.1) is 0 Å². The molecule has 1 amide bonds. The van der Waals surface area contributed by atoms with Gasteiger partial charge in [-0.15, -0.1) is 0 Å². The summed E-state index contributed by atoms with van der Waals surface area (Å²) in [5, 5.41) is 0.918. The van der Waals surface area contributed by atoms with Crippen LogP contribution in [0.1, 0.15) is 17.3 Å². The van der Waals surface area contributed by atoms with Crippen molar-refractivity contribution >= 4 is 34.3 Å². The van der Waals surface area contributed by atoms with E-state index in [2.05, 4.69) is 27.6 Å². The number of nitrogens with zero attached hydrogens (tertiary/aromatic N) is 2. The monoisotopic (exact) mass is 381 g/mol. The van der Waals surface area contributed by atoms with Crippen molar-refractivity contribution < 1.29 is 9.59 Å². The maximum atomic E-state index is 12.1. The Labute approximate surface area is 130 Å². The number of rotatable bonds is 2. The molecule has 0 atom stereocenters. The first-order valence-corrected chi connectivity index (χ1v) is 6.87. The van der Waals surface area contributed by atoms with Crippen LogP contribution in [-0.4, -0.2) is 21.7 Å². The lowest BCUT2D eigenvalue weighted by molar-refractivity contribution is -0.112. The lowest BCUT2D eigenvalue weighted by Gasteiger charge is -2.15. The average molecular weight is 381 g/mol. The van der Waals surface area contributed by atoms with E-state index in [1.54, 1.807) is 31.2 Å². The highest BCUT2D eigenvalue weighted by molar-refractivity contribution is 14.1. The molecule has 1 aromatic heterocycles. The molecule has 0 radical (unpaired) electrons. The van der Waals surface area contributed by atoms with Crippen molar-refractivity contribution in [1.29, 1.82) is 0 Å². The summed E-state index contributed by atoms with van der Waals surface area (Å²) in [5.74, 6) is 5.18. The van der Waals surface area contributed by atoms with Crippen molar-refractivity contribution in [2.24, 2.45) is 5.84 Å². The van der Waals surface area contributed by atoms with Gasteiger partial charge in [-0.1, -0.05) is 0 Å². The molecule has 1 aromatic rings.